The summed E-state index contributed by atoms with van der Waals surface area (Å²) >= 11 is 0. The molecule has 3 N–H and O–H groups in total. The number of methoxy groups -OCH3 is 1. The van der Waals surface area contributed by atoms with Crippen LogP contribution < -0.4 is 10.6 Å². The minimum absolute atomic E-state index is 0.0593. The lowest BCUT2D eigenvalue weighted by Gasteiger charge is -2.29. The molecule has 0 radical (unpaired) electrons. The standard InChI is InChI=1S/C31H40N2O8/c1-19-12-11-13-23-16-24(35)17-26(30(23)38)33-28(36)18-25(40-5)14-9-7-6-8-10-15-27(20(2)29(19)37)41-31(39)21(3)32-22(4)34/h6-10,12,14,16-17,20-21,25,27,29,37H,11,13,15,18H2,1-5H3,(H,32,34)(H,33,36)/b7-6+,10-8+,14-9?,19-12-. The fourth-order valence-corrected chi connectivity index (χ4v) is 4.34. The molecular formula is C31H40N2O8. The molecular weight excluding hydrogens is 528 g/mol. The Morgan fingerprint density at radius 1 is 1.12 bits per heavy atom. The minimum atomic E-state index is -0.969. The monoisotopic (exact) mass is 568 g/mol. The third kappa shape index (κ3) is 10.9. The topological polar surface area (TPSA) is 148 Å². The molecule has 0 spiro atoms. The van der Waals surface area contributed by atoms with E-state index in [-0.39, 0.29) is 30.0 Å². The Morgan fingerprint density at radius 3 is 2.51 bits per heavy atom. The van der Waals surface area contributed by atoms with Gasteiger partial charge < -0.3 is 25.2 Å². The lowest BCUT2D eigenvalue weighted by molar-refractivity contribution is -0.156. The van der Waals surface area contributed by atoms with E-state index in [1.807, 2.05) is 0 Å². The van der Waals surface area contributed by atoms with Gasteiger partial charge in [-0.05, 0) is 38.3 Å². The summed E-state index contributed by atoms with van der Waals surface area (Å²) in [5.41, 5.74) is 0.778. The highest BCUT2D eigenvalue weighted by atomic mass is 16.5. The Labute approximate surface area is 240 Å². The van der Waals surface area contributed by atoms with Gasteiger partial charge in [-0.25, -0.2) is 4.79 Å². The van der Waals surface area contributed by atoms with Crippen LogP contribution in [0.5, 0.6) is 0 Å². The summed E-state index contributed by atoms with van der Waals surface area (Å²) in [7, 11) is 1.46. The van der Waals surface area contributed by atoms with Gasteiger partial charge in [-0.3, -0.25) is 19.2 Å². The molecule has 0 saturated heterocycles. The van der Waals surface area contributed by atoms with Crippen LogP contribution in [0.2, 0.25) is 0 Å². The molecule has 41 heavy (non-hydrogen) atoms. The van der Waals surface area contributed by atoms with Crippen LogP contribution in [0.3, 0.4) is 0 Å². The maximum absolute atomic E-state index is 12.9. The average molecular weight is 569 g/mol. The average Bonchev–Trinajstić information content (AvgIpc) is 2.91. The van der Waals surface area contributed by atoms with Crippen LogP contribution in [0.1, 0.15) is 53.4 Å². The molecule has 1 aliphatic carbocycles. The first-order chi connectivity index (χ1) is 19.4. The van der Waals surface area contributed by atoms with Crippen molar-refractivity contribution in [3.63, 3.8) is 0 Å². The van der Waals surface area contributed by atoms with Crippen molar-refractivity contribution in [1.82, 2.24) is 10.6 Å². The Balaban J connectivity index is 2.34. The van der Waals surface area contributed by atoms with Crippen LogP contribution in [0, 0.1) is 5.92 Å². The highest BCUT2D eigenvalue weighted by Gasteiger charge is 2.30. The fourth-order valence-electron chi connectivity index (χ4n) is 4.34. The van der Waals surface area contributed by atoms with Crippen LogP contribution in [0.4, 0.5) is 0 Å². The van der Waals surface area contributed by atoms with Gasteiger partial charge in [-0.15, -0.1) is 0 Å². The third-order valence-electron chi connectivity index (χ3n) is 6.74. The summed E-state index contributed by atoms with van der Waals surface area (Å²) in [5.74, 6) is -2.80. The Bertz CT molecular complexity index is 1190. The maximum atomic E-state index is 12.9. The number of esters is 1. The molecule has 5 atom stereocenters. The van der Waals surface area contributed by atoms with Gasteiger partial charge in [0.25, 0.3) is 0 Å². The summed E-state index contributed by atoms with van der Waals surface area (Å²) in [6.45, 7) is 6.34. The van der Waals surface area contributed by atoms with Gasteiger partial charge in [0.1, 0.15) is 12.1 Å². The van der Waals surface area contributed by atoms with Crippen molar-refractivity contribution in [3.05, 3.63) is 71.5 Å². The second-order valence-corrected chi connectivity index (χ2v) is 10.1. The molecule has 10 heteroatoms. The predicted molar refractivity (Wildman–Crippen MR) is 153 cm³/mol. The van der Waals surface area contributed by atoms with Gasteiger partial charge in [-0.2, -0.15) is 0 Å². The first-order valence-corrected chi connectivity index (χ1v) is 13.6. The molecule has 222 valence electrons. The van der Waals surface area contributed by atoms with E-state index in [1.54, 1.807) is 56.4 Å². The molecule has 0 saturated carbocycles. The quantitative estimate of drug-likeness (QED) is 0.266. The van der Waals surface area contributed by atoms with E-state index in [1.165, 1.54) is 27.0 Å². The number of hydrogen-bond acceptors (Lipinski definition) is 8. The van der Waals surface area contributed by atoms with Crippen LogP contribution in [0.25, 0.3) is 0 Å². The number of aliphatic hydroxyl groups is 1. The number of fused-ring (bicyclic) bond motifs is 2. The van der Waals surface area contributed by atoms with Gasteiger partial charge in [-0.1, -0.05) is 49.5 Å². The number of carbonyl (C=O) groups excluding carboxylic acids is 5. The van der Waals surface area contributed by atoms with E-state index in [0.29, 0.717) is 18.4 Å². The van der Waals surface area contributed by atoms with Gasteiger partial charge in [0.15, 0.2) is 5.78 Å². The minimum Gasteiger partial charge on any atom is -0.460 e. The largest absolute Gasteiger partial charge is 0.460 e. The summed E-state index contributed by atoms with van der Waals surface area (Å²) in [6.07, 6.45) is 13.2. The molecule has 5 unspecified atom stereocenters. The molecule has 1 aliphatic heterocycles. The first kappa shape index (κ1) is 33.3. The third-order valence-corrected chi connectivity index (χ3v) is 6.74. The van der Waals surface area contributed by atoms with Crippen molar-refractivity contribution >= 4 is 29.4 Å². The van der Waals surface area contributed by atoms with E-state index in [4.69, 9.17) is 9.47 Å². The van der Waals surface area contributed by atoms with E-state index in [2.05, 4.69) is 10.6 Å². The van der Waals surface area contributed by atoms with Crippen LogP contribution in [-0.4, -0.2) is 65.9 Å². The van der Waals surface area contributed by atoms with Crippen LogP contribution in [0.15, 0.2) is 71.5 Å². The number of hydrogen-bond donors (Lipinski definition) is 3. The van der Waals surface area contributed by atoms with Crippen molar-refractivity contribution in [2.24, 2.45) is 5.92 Å². The van der Waals surface area contributed by atoms with E-state index in [9.17, 15) is 29.1 Å². The number of ether oxygens (including phenoxy) is 2. The number of carbonyl (C=O) groups is 5. The normalized spacial score (nSPS) is 28.4. The number of Topliss-reactive ketones (excluding diaryl/α,β-unsaturated/α-hetero) is 1. The van der Waals surface area contributed by atoms with E-state index >= 15 is 0 Å². The summed E-state index contributed by atoms with van der Waals surface area (Å²) in [5, 5.41) is 16.1. The van der Waals surface area contributed by atoms with Crippen molar-refractivity contribution in [3.8, 4) is 0 Å². The number of amides is 2. The van der Waals surface area contributed by atoms with Crippen molar-refractivity contribution in [1.29, 1.82) is 0 Å². The number of ketones is 2. The molecule has 2 rings (SSSR count). The predicted octanol–water partition coefficient (Wildman–Crippen LogP) is 2.70. The maximum Gasteiger partial charge on any atom is 0.328 e. The molecule has 0 aromatic heterocycles. The van der Waals surface area contributed by atoms with Crippen molar-refractivity contribution in [2.45, 2.75) is 77.7 Å². The van der Waals surface area contributed by atoms with Crippen molar-refractivity contribution < 1.29 is 38.6 Å². The summed E-state index contributed by atoms with van der Waals surface area (Å²) in [4.78, 5) is 61.8. The first-order valence-electron chi connectivity index (χ1n) is 13.6. The van der Waals surface area contributed by atoms with E-state index < -0.39 is 53.7 Å². The van der Waals surface area contributed by atoms with Gasteiger partial charge in [0.05, 0.1) is 24.3 Å². The summed E-state index contributed by atoms with van der Waals surface area (Å²) < 4.78 is 11.0. The second-order valence-electron chi connectivity index (χ2n) is 10.1. The zero-order valence-electron chi connectivity index (χ0n) is 24.2. The van der Waals surface area contributed by atoms with Crippen LogP contribution in [-0.2, 0) is 33.4 Å². The highest BCUT2D eigenvalue weighted by Crippen LogP contribution is 2.24. The SMILES string of the molecule is COC1C=C/C=C/C=C/CC(OC(=O)C(C)NC(C)=O)C(C)C(O)/C(C)=C\CCC2=CC(=O)C=C(NC(=O)C1)C2=O. The smallest absolute Gasteiger partial charge is 0.328 e. The Morgan fingerprint density at radius 2 is 1.83 bits per heavy atom. The molecule has 0 aromatic rings. The number of nitrogens with one attached hydrogen (secondary N) is 2. The summed E-state index contributed by atoms with van der Waals surface area (Å²) in [6, 6.07) is -0.856. The molecule has 2 amide bonds. The van der Waals surface area contributed by atoms with Crippen molar-refractivity contribution in [2.75, 3.05) is 7.11 Å². The highest BCUT2D eigenvalue weighted by molar-refractivity contribution is 6.21. The fraction of sp³-hybridized carbons (Fsp3) is 0.452. The number of aliphatic hydroxyl groups excluding tert-OH is 1. The zero-order chi connectivity index (χ0) is 30.5. The van der Waals surface area contributed by atoms with Gasteiger partial charge >= 0.3 is 5.97 Å². The number of rotatable bonds is 4. The lowest BCUT2D eigenvalue weighted by atomic mass is 9.90. The lowest BCUT2D eigenvalue weighted by Crippen LogP contribution is -2.42. The molecule has 2 bridgehead atoms. The molecule has 0 fully saturated rings. The zero-order valence-corrected chi connectivity index (χ0v) is 24.2. The molecule has 2 aliphatic rings. The van der Waals surface area contributed by atoms with Gasteiger partial charge in [0.2, 0.25) is 17.6 Å². The Kier molecular flexibility index (Phi) is 13.3. The Hall–Kier alpha value is -3.89. The molecule has 10 nitrogen and oxygen atoms in total. The molecule has 0 aromatic carbocycles. The second kappa shape index (κ2) is 16.4. The molecule has 1 heterocycles. The van der Waals surface area contributed by atoms with E-state index in [0.717, 1.165) is 6.08 Å². The van der Waals surface area contributed by atoms with Crippen LogP contribution >= 0.6 is 0 Å². The van der Waals surface area contributed by atoms with Gasteiger partial charge in [0, 0.05) is 38.0 Å². The number of allylic oxidation sites excluding steroid dienone is 8.